The third-order valence-electron chi connectivity index (χ3n) is 2.14. The number of hydrogen-bond acceptors (Lipinski definition) is 5. The van der Waals surface area contributed by atoms with E-state index in [2.05, 4.69) is 0 Å². The highest BCUT2D eigenvalue weighted by atomic mass is 32.2. The van der Waals surface area contributed by atoms with Gasteiger partial charge in [-0.1, -0.05) is 12.1 Å². The van der Waals surface area contributed by atoms with Crippen LogP contribution in [0.4, 0.5) is 0 Å². The fraction of sp³-hybridized carbons (Fsp3) is 0.333. The number of rotatable bonds is 5. The van der Waals surface area contributed by atoms with Crippen molar-refractivity contribution >= 4 is 21.6 Å². The van der Waals surface area contributed by atoms with E-state index in [-0.39, 0.29) is 23.7 Å². The van der Waals surface area contributed by atoms with Crippen LogP contribution in [0, 0.1) is 0 Å². The zero-order valence-corrected chi connectivity index (χ0v) is 11.0. The lowest BCUT2D eigenvalue weighted by Crippen LogP contribution is -2.08. The Morgan fingerprint density at radius 3 is 2.17 bits per heavy atom. The molecule has 0 N–H and O–H groups in total. The van der Waals surface area contributed by atoms with E-state index in [1.165, 1.54) is 19.1 Å². The van der Waals surface area contributed by atoms with E-state index in [0.717, 1.165) is 6.26 Å². The molecule has 0 spiro atoms. The van der Waals surface area contributed by atoms with Crippen LogP contribution < -0.4 is 0 Å². The quantitative estimate of drug-likeness (QED) is 0.591. The lowest BCUT2D eigenvalue weighted by atomic mass is 10.2. The lowest BCUT2D eigenvalue weighted by molar-refractivity contribution is -0.146. The van der Waals surface area contributed by atoms with Crippen molar-refractivity contribution in [3.05, 3.63) is 29.8 Å². The Morgan fingerprint density at radius 1 is 1.17 bits per heavy atom. The van der Waals surface area contributed by atoms with E-state index in [1.54, 1.807) is 12.1 Å². The molecule has 0 aliphatic carbocycles. The van der Waals surface area contributed by atoms with Gasteiger partial charge < -0.3 is 4.74 Å². The molecule has 0 aliphatic heterocycles. The molecule has 0 aliphatic rings. The maximum atomic E-state index is 11.2. The summed E-state index contributed by atoms with van der Waals surface area (Å²) in [4.78, 5) is 22.0. The van der Waals surface area contributed by atoms with Crippen molar-refractivity contribution in [2.75, 3.05) is 6.26 Å². The van der Waals surface area contributed by atoms with E-state index >= 15 is 0 Å². The molecule has 1 aromatic carbocycles. The zero-order chi connectivity index (χ0) is 13.8. The molecule has 6 heteroatoms. The molecule has 0 atom stereocenters. The van der Waals surface area contributed by atoms with Gasteiger partial charge in [-0.2, -0.15) is 0 Å². The highest BCUT2D eigenvalue weighted by Gasteiger charge is 2.08. The number of ketones is 1. The predicted molar refractivity (Wildman–Crippen MR) is 64.6 cm³/mol. The highest BCUT2D eigenvalue weighted by molar-refractivity contribution is 7.90. The average molecular weight is 270 g/mol. The van der Waals surface area contributed by atoms with Crippen LogP contribution in [0.2, 0.25) is 0 Å². The molecule has 18 heavy (non-hydrogen) atoms. The third-order valence-corrected chi connectivity index (χ3v) is 3.27. The average Bonchev–Trinajstić information content (AvgIpc) is 2.25. The van der Waals surface area contributed by atoms with Crippen LogP contribution in [-0.2, 0) is 30.8 Å². The van der Waals surface area contributed by atoms with Gasteiger partial charge in [0.1, 0.15) is 18.8 Å². The summed E-state index contributed by atoms with van der Waals surface area (Å²) in [5.41, 5.74) is 0.666. The molecular formula is C12H14O5S. The summed E-state index contributed by atoms with van der Waals surface area (Å²) in [7, 11) is -3.22. The largest absolute Gasteiger partial charge is 0.460 e. The van der Waals surface area contributed by atoms with Crippen molar-refractivity contribution in [3.63, 3.8) is 0 Å². The van der Waals surface area contributed by atoms with Gasteiger partial charge >= 0.3 is 5.97 Å². The second kappa shape index (κ2) is 5.77. The Labute approximate surface area is 106 Å². The third kappa shape index (κ3) is 4.67. The van der Waals surface area contributed by atoms with Gasteiger partial charge in [-0.15, -0.1) is 0 Å². The second-order valence-corrected chi connectivity index (χ2v) is 5.97. The second-order valence-electron chi connectivity index (χ2n) is 3.96. The first-order chi connectivity index (χ1) is 8.29. The Hall–Kier alpha value is -1.69. The minimum atomic E-state index is -3.22. The zero-order valence-electron chi connectivity index (χ0n) is 10.2. The normalized spacial score (nSPS) is 11.0. The van der Waals surface area contributed by atoms with Crippen molar-refractivity contribution in [3.8, 4) is 0 Å². The van der Waals surface area contributed by atoms with Crippen molar-refractivity contribution in [1.82, 2.24) is 0 Å². The first-order valence-corrected chi connectivity index (χ1v) is 7.12. The first kappa shape index (κ1) is 14.4. The van der Waals surface area contributed by atoms with Crippen molar-refractivity contribution < 1.29 is 22.7 Å². The van der Waals surface area contributed by atoms with Crippen LogP contribution in [0.1, 0.15) is 18.9 Å². The summed E-state index contributed by atoms with van der Waals surface area (Å²) in [6.45, 7) is 1.33. The van der Waals surface area contributed by atoms with E-state index in [4.69, 9.17) is 4.74 Å². The van der Waals surface area contributed by atoms with Gasteiger partial charge in [0.05, 0.1) is 4.90 Å². The number of hydrogen-bond donors (Lipinski definition) is 0. The standard InChI is InChI=1S/C12H14O5S/c1-9(13)7-12(14)17-8-10-3-5-11(6-4-10)18(2,15)16/h3-6H,7-8H2,1-2H3. The lowest BCUT2D eigenvalue weighted by Gasteiger charge is -2.04. The van der Waals surface area contributed by atoms with Crippen LogP contribution in [-0.4, -0.2) is 26.4 Å². The van der Waals surface area contributed by atoms with Gasteiger partial charge in [-0.25, -0.2) is 8.42 Å². The Bertz CT molecular complexity index is 542. The van der Waals surface area contributed by atoms with E-state index in [1.807, 2.05) is 0 Å². The maximum absolute atomic E-state index is 11.2. The van der Waals surface area contributed by atoms with Gasteiger partial charge in [-0.3, -0.25) is 9.59 Å². The Kier molecular flexibility index (Phi) is 4.61. The molecular weight excluding hydrogens is 256 g/mol. The molecule has 0 saturated carbocycles. The fourth-order valence-electron chi connectivity index (χ4n) is 1.25. The molecule has 5 nitrogen and oxygen atoms in total. The van der Waals surface area contributed by atoms with Crippen molar-refractivity contribution in [1.29, 1.82) is 0 Å². The van der Waals surface area contributed by atoms with Crippen LogP contribution in [0.5, 0.6) is 0 Å². The molecule has 0 aromatic heterocycles. The minimum Gasteiger partial charge on any atom is -0.460 e. The smallest absolute Gasteiger partial charge is 0.313 e. The molecule has 0 heterocycles. The summed E-state index contributed by atoms with van der Waals surface area (Å²) in [5.74, 6) is -0.845. The summed E-state index contributed by atoms with van der Waals surface area (Å²) in [6.07, 6.45) is 0.871. The van der Waals surface area contributed by atoms with Crippen LogP contribution in [0.15, 0.2) is 29.2 Å². The topological polar surface area (TPSA) is 77.5 Å². The number of carbonyl (C=O) groups is 2. The fourth-order valence-corrected chi connectivity index (χ4v) is 1.88. The summed E-state index contributed by atoms with van der Waals surface area (Å²) in [6, 6.07) is 6.03. The monoisotopic (exact) mass is 270 g/mol. The van der Waals surface area contributed by atoms with Gasteiger partial charge in [-0.05, 0) is 24.6 Å². The predicted octanol–water partition coefficient (Wildman–Crippen LogP) is 1.11. The van der Waals surface area contributed by atoms with Gasteiger partial charge in [0.2, 0.25) is 0 Å². The molecule has 1 rings (SSSR count). The number of carbonyl (C=O) groups excluding carboxylic acids is 2. The molecule has 0 bridgehead atoms. The molecule has 0 unspecified atom stereocenters. The number of Topliss-reactive ketones (excluding diaryl/α,β-unsaturated/α-hetero) is 1. The number of esters is 1. The molecule has 0 radical (unpaired) electrons. The van der Waals surface area contributed by atoms with Crippen LogP contribution in [0.25, 0.3) is 0 Å². The van der Waals surface area contributed by atoms with Crippen molar-refractivity contribution in [2.24, 2.45) is 0 Å². The molecule has 0 saturated heterocycles. The minimum absolute atomic E-state index is 0.0240. The van der Waals surface area contributed by atoms with Gasteiger partial charge in [0, 0.05) is 6.26 Å². The summed E-state index contributed by atoms with van der Waals surface area (Å²) in [5, 5.41) is 0. The Morgan fingerprint density at radius 2 is 1.72 bits per heavy atom. The van der Waals surface area contributed by atoms with Gasteiger partial charge in [0.25, 0.3) is 0 Å². The SMILES string of the molecule is CC(=O)CC(=O)OCc1ccc(S(C)(=O)=O)cc1. The number of sulfone groups is 1. The summed E-state index contributed by atoms with van der Waals surface area (Å²) < 4.78 is 27.3. The van der Waals surface area contributed by atoms with Crippen LogP contribution in [0.3, 0.4) is 0 Å². The number of benzene rings is 1. The number of ether oxygens (including phenoxy) is 1. The van der Waals surface area contributed by atoms with Crippen LogP contribution >= 0.6 is 0 Å². The molecule has 98 valence electrons. The van der Waals surface area contributed by atoms with Crippen molar-refractivity contribution in [2.45, 2.75) is 24.8 Å². The van der Waals surface area contributed by atoms with E-state index in [0.29, 0.717) is 5.56 Å². The first-order valence-electron chi connectivity index (χ1n) is 5.23. The Balaban J connectivity index is 2.60. The van der Waals surface area contributed by atoms with E-state index in [9.17, 15) is 18.0 Å². The van der Waals surface area contributed by atoms with Gasteiger partial charge in [0.15, 0.2) is 9.84 Å². The van der Waals surface area contributed by atoms with E-state index < -0.39 is 15.8 Å². The molecule has 1 aromatic rings. The summed E-state index contributed by atoms with van der Waals surface area (Å²) >= 11 is 0. The molecule has 0 amide bonds. The maximum Gasteiger partial charge on any atom is 0.313 e. The molecule has 0 fully saturated rings. The highest BCUT2D eigenvalue weighted by Crippen LogP contribution is 2.11.